The molecule has 0 atom stereocenters. The Morgan fingerprint density at radius 3 is 2.71 bits per heavy atom. The lowest BCUT2D eigenvalue weighted by atomic mass is 9.88. The first-order valence-electron chi connectivity index (χ1n) is 5.48. The molecule has 3 N–H and O–H groups in total. The summed E-state index contributed by atoms with van der Waals surface area (Å²) in [4.78, 5) is 10.5. The van der Waals surface area contributed by atoms with E-state index in [1.807, 2.05) is 0 Å². The first-order valence-corrected chi connectivity index (χ1v) is 5.48. The van der Waals surface area contributed by atoms with E-state index in [4.69, 9.17) is 10.5 Å². The monoisotopic (exact) mass is 237 g/mol. The summed E-state index contributed by atoms with van der Waals surface area (Å²) in [6.07, 6.45) is 3.39. The minimum Gasteiger partial charge on any atom is -0.380 e. The molecule has 1 aliphatic carbocycles. The number of ether oxygens (including phenoxy) is 1. The summed E-state index contributed by atoms with van der Waals surface area (Å²) in [6.45, 7) is 4.82. The molecular weight excluding hydrogens is 218 g/mol. The van der Waals surface area contributed by atoms with E-state index < -0.39 is 6.03 Å². The molecule has 0 aromatic rings. The number of rotatable bonds is 4. The minimum absolute atomic E-state index is 0.586. The predicted molar refractivity (Wildman–Crippen MR) is 67.7 cm³/mol. The average molecular weight is 237 g/mol. The molecule has 0 radical (unpaired) electrons. The lowest BCUT2D eigenvalue weighted by Crippen LogP contribution is -2.24. The zero-order valence-electron chi connectivity index (χ0n) is 10.5. The maximum Gasteiger partial charge on any atom is 0.332 e. The van der Waals surface area contributed by atoms with Gasteiger partial charge in [0.15, 0.2) is 0 Å². The van der Waals surface area contributed by atoms with Gasteiger partial charge in [0.25, 0.3) is 0 Å². The highest BCUT2D eigenvalue weighted by Gasteiger charge is 2.14. The number of hydrogen-bond acceptors (Lipinski definition) is 3. The Hall–Kier alpha value is -1.62. The quantitative estimate of drug-likeness (QED) is 0.443. The summed E-state index contributed by atoms with van der Waals surface area (Å²) in [5.74, 6) is 0. The van der Waals surface area contributed by atoms with Gasteiger partial charge in [-0.2, -0.15) is 5.10 Å². The lowest BCUT2D eigenvalue weighted by molar-refractivity contribution is 0.223. The number of amides is 2. The molecule has 0 aromatic carbocycles. The van der Waals surface area contributed by atoms with Crippen molar-refractivity contribution in [2.45, 2.75) is 26.7 Å². The summed E-state index contributed by atoms with van der Waals surface area (Å²) in [7, 11) is 1.67. The largest absolute Gasteiger partial charge is 0.380 e. The molecule has 5 nitrogen and oxygen atoms in total. The number of nitrogens with zero attached hydrogens (tertiary/aromatic N) is 1. The SMILES string of the molecule is COCC1=C(/C=N/NC(N)=O)CC(C)=C(C)C1. The number of carbonyl (C=O) groups is 1. The average Bonchev–Trinajstić information content (AvgIpc) is 2.24. The second kappa shape index (κ2) is 6.20. The van der Waals surface area contributed by atoms with Crippen molar-refractivity contribution in [2.24, 2.45) is 10.8 Å². The summed E-state index contributed by atoms with van der Waals surface area (Å²) in [5, 5.41) is 3.80. The van der Waals surface area contributed by atoms with Gasteiger partial charge >= 0.3 is 6.03 Å². The second-order valence-electron chi connectivity index (χ2n) is 4.21. The number of allylic oxidation sites excluding steroid dienone is 3. The molecule has 0 saturated heterocycles. The fourth-order valence-corrected chi connectivity index (χ4v) is 1.77. The van der Waals surface area contributed by atoms with E-state index in [1.165, 1.54) is 16.7 Å². The lowest BCUT2D eigenvalue weighted by Gasteiger charge is -2.20. The van der Waals surface area contributed by atoms with Crippen LogP contribution in [0, 0.1) is 0 Å². The molecule has 0 heterocycles. The molecule has 0 bridgehead atoms. The minimum atomic E-state index is -0.658. The van der Waals surface area contributed by atoms with Gasteiger partial charge in [0.05, 0.1) is 12.8 Å². The van der Waals surface area contributed by atoms with E-state index >= 15 is 0 Å². The highest BCUT2D eigenvalue weighted by molar-refractivity contribution is 5.82. The van der Waals surface area contributed by atoms with Gasteiger partial charge in [0, 0.05) is 7.11 Å². The van der Waals surface area contributed by atoms with Gasteiger partial charge in [0.2, 0.25) is 0 Å². The first kappa shape index (κ1) is 13.4. The molecule has 0 aliphatic heterocycles. The van der Waals surface area contributed by atoms with E-state index in [-0.39, 0.29) is 0 Å². The van der Waals surface area contributed by atoms with E-state index in [9.17, 15) is 4.79 Å². The third-order valence-corrected chi connectivity index (χ3v) is 2.83. The Morgan fingerprint density at radius 1 is 1.47 bits per heavy atom. The van der Waals surface area contributed by atoms with Crippen molar-refractivity contribution < 1.29 is 9.53 Å². The molecule has 1 rings (SSSR count). The standard InChI is InChI=1S/C12H19N3O2/c1-8-4-10(6-14-15-12(13)16)11(7-17-3)5-9(8)2/h6H,4-5,7H2,1-3H3,(H3,13,15,16)/b14-6+. The Kier molecular flexibility index (Phi) is 4.90. The third kappa shape index (κ3) is 4.03. The van der Waals surface area contributed by atoms with Gasteiger partial charge in [-0.05, 0) is 37.8 Å². The molecule has 0 unspecified atom stereocenters. The van der Waals surface area contributed by atoms with Gasteiger partial charge in [-0.15, -0.1) is 0 Å². The van der Waals surface area contributed by atoms with Crippen LogP contribution < -0.4 is 11.2 Å². The highest BCUT2D eigenvalue weighted by atomic mass is 16.5. The number of urea groups is 1. The Bertz CT molecular complexity index is 395. The number of carbonyl (C=O) groups excluding carboxylic acids is 1. The van der Waals surface area contributed by atoms with Crippen LogP contribution in [-0.2, 0) is 4.74 Å². The van der Waals surface area contributed by atoms with E-state index in [0.29, 0.717) is 6.61 Å². The number of hydrazone groups is 1. The summed E-state index contributed by atoms with van der Waals surface area (Å²) < 4.78 is 5.17. The third-order valence-electron chi connectivity index (χ3n) is 2.83. The number of primary amides is 1. The Balaban J connectivity index is 2.79. The van der Waals surface area contributed by atoms with Crippen molar-refractivity contribution in [3.63, 3.8) is 0 Å². The van der Waals surface area contributed by atoms with Crippen LogP contribution in [0.3, 0.4) is 0 Å². The normalized spacial score (nSPS) is 16.9. The zero-order valence-corrected chi connectivity index (χ0v) is 10.5. The molecule has 0 aromatic heterocycles. The summed E-state index contributed by atoms with van der Waals surface area (Å²) >= 11 is 0. The smallest absolute Gasteiger partial charge is 0.332 e. The molecule has 5 heteroatoms. The van der Waals surface area contributed by atoms with E-state index in [2.05, 4.69) is 24.4 Å². The van der Waals surface area contributed by atoms with Crippen molar-refractivity contribution in [3.05, 3.63) is 22.3 Å². The fraction of sp³-hybridized carbons (Fsp3) is 0.500. The van der Waals surface area contributed by atoms with Crippen LogP contribution in [-0.4, -0.2) is 26.0 Å². The van der Waals surface area contributed by atoms with Crippen LogP contribution in [0.15, 0.2) is 27.4 Å². The van der Waals surface area contributed by atoms with Crippen molar-refractivity contribution in [2.75, 3.05) is 13.7 Å². The molecule has 0 fully saturated rings. The van der Waals surface area contributed by atoms with Crippen LogP contribution in [0.5, 0.6) is 0 Å². The molecule has 1 aliphatic rings. The van der Waals surface area contributed by atoms with Gasteiger partial charge < -0.3 is 10.5 Å². The van der Waals surface area contributed by atoms with Gasteiger partial charge in [-0.25, -0.2) is 10.2 Å². The Morgan fingerprint density at radius 2 is 2.12 bits per heavy atom. The van der Waals surface area contributed by atoms with Crippen LogP contribution in [0.4, 0.5) is 4.79 Å². The topological polar surface area (TPSA) is 76.7 Å². The summed E-state index contributed by atoms with van der Waals surface area (Å²) in [6, 6.07) is -0.658. The highest BCUT2D eigenvalue weighted by Crippen LogP contribution is 2.28. The van der Waals surface area contributed by atoms with E-state index in [1.54, 1.807) is 13.3 Å². The fourth-order valence-electron chi connectivity index (χ4n) is 1.77. The molecule has 0 spiro atoms. The van der Waals surface area contributed by atoms with Crippen LogP contribution in [0.2, 0.25) is 0 Å². The molecule has 17 heavy (non-hydrogen) atoms. The molecule has 0 saturated carbocycles. The number of nitrogens with two attached hydrogens (primary N) is 1. The number of hydrogen-bond donors (Lipinski definition) is 2. The number of nitrogens with one attached hydrogen (secondary N) is 1. The molecular formula is C12H19N3O2. The van der Waals surface area contributed by atoms with Gasteiger partial charge in [-0.1, -0.05) is 11.1 Å². The van der Waals surface area contributed by atoms with Crippen molar-refractivity contribution in [1.82, 2.24) is 5.43 Å². The number of methoxy groups -OCH3 is 1. The van der Waals surface area contributed by atoms with Gasteiger partial charge in [0.1, 0.15) is 0 Å². The Labute approximate surface area is 101 Å². The van der Waals surface area contributed by atoms with Crippen LogP contribution >= 0.6 is 0 Å². The first-order chi connectivity index (χ1) is 8.04. The maximum absolute atomic E-state index is 10.5. The van der Waals surface area contributed by atoms with Crippen molar-refractivity contribution in [3.8, 4) is 0 Å². The predicted octanol–water partition coefficient (Wildman–Crippen LogP) is 1.71. The summed E-state index contributed by atoms with van der Waals surface area (Å²) in [5.41, 5.74) is 12.1. The molecule has 94 valence electrons. The zero-order chi connectivity index (χ0) is 12.8. The van der Waals surface area contributed by atoms with Crippen molar-refractivity contribution in [1.29, 1.82) is 0 Å². The van der Waals surface area contributed by atoms with Crippen LogP contribution in [0.1, 0.15) is 26.7 Å². The van der Waals surface area contributed by atoms with Gasteiger partial charge in [-0.3, -0.25) is 0 Å². The maximum atomic E-state index is 10.5. The van der Waals surface area contributed by atoms with E-state index in [0.717, 1.165) is 18.4 Å². The molecule has 2 amide bonds. The van der Waals surface area contributed by atoms with Crippen LogP contribution in [0.25, 0.3) is 0 Å². The van der Waals surface area contributed by atoms with Crippen molar-refractivity contribution >= 4 is 12.2 Å². The second-order valence-corrected chi connectivity index (χ2v) is 4.21.